The van der Waals surface area contributed by atoms with Crippen LogP contribution in [0, 0.1) is 16.7 Å². The summed E-state index contributed by atoms with van der Waals surface area (Å²) in [5.74, 6) is 0.554. The third kappa shape index (κ3) is 4.34. The number of hydrogen-bond acceptors (Lipinski definition) is 4. The van der Waals surface area contributed by atoms with E-state index in [0.29, 0.717) is 18.8 Å². The maximum absolute atomic E-state index is 13.5. The Morgan fingerprint density at radius 1 is 0.786 bits per heavy atom. The van der Waals surface area contributed by atoms with Crippen LogP contribution in [0.4, 0.5) is 0 Å². The van der Waals surface area contributed by atoms with Gasteiger partial charge in [0.2, 0.25) is 0 Å². The quantitative estimate of drug-likeness (QED) is 0.676. The van der Waals surface area contributed by atoms with Crippen molar-refractivity contribution in [3.05, 3.63) is 0 Å². The molecule has 0 aromatic heterocycles. The van der Waals surface area contributed by atoms with E-state index in [0.717, 1.165) is 12.8 Å². The van der Waals surface area contributed by atoms with E-state index in [2.05, 4.69) is 27.7 Å². The Kier molecular flexibility index (Phi) is 6.64. The summed E-state index contributed by atoms with van der Waals surface area (Å²) in [7, 11) is 0. The topological polar surface area (TPSA) is 78.3 Å². The van der Waals surface area contributed by atoms with Gasteiger partial charge in [0.15, 0.2) is 5.78 Å². The Labute approximate surface area is 172 Å². The first-order valence-electron chi connectivity index (χ1n) is 11.8. The summed E-state index contributed by atoms with van der Waals surface area (Å²) in [6.45, 7) is 8.73. The smallest absolute Gasteiger partial charge is 0.183 e. The lowest BCUT2D eigenvalue weighted by atomic mass is 9.55. The number of nitrogens with two attached hydrogens (primary N) is 2. The first-order chi connectivity index (χ1) is 13.1. The van der Waals surface area contributed by atoms with Gasteiger partial charge in [0.25, 0.3) is 0 Å². The van der Waals surface area contributed by atoms with Crippen LogP contribution in [0.3, 0.4) is 0 Å². The Morgan fingerprint density at radius 3 is 1.68 bits per heavy atom. The standard InChI is InChI=1S/C24H44N2O2/c1-22(2)15-24(16-23(3,4)21(22)26)20(27)18(25)19(28-24)17-13-11-9-7-5-6-8-10-12-14-17/h17-19,21H,5-16,25-26H2,1-4H3. The molecule has 0 amide bonds. The normalized spacial score (nSPS) is 35.0. The van der Waals surface area contributed by atoms with E-state index in [4.69, 9.17) is 16.2 Å². The average Bonchev–Trinajstić information content (AvgIpc) is 2.81. The van der Waals surface area contributed by atoms with Crippen LogP contribution in [-0.4, -0.2) is 29.6 Å². The van der Waals surface area contributed by atoms with E-state index < -0.39 is 11.6 Å². The van der Waals surface area contributed by atoms with Gasteiger partial charge >= 0.3 is 0 Å². The molecule has 4 N–H and O–H groups in total. The Balaban J connectivity index is 1.79. The van der Waals surface area contributed by atoms with Crippen molar-refractivity contribution in [2.75, 3.05) is 0 Å². The number of Topliss-reactive ketones (excluding diaryl/α,β-unsaturated/α-hetero) is 1. The zero-order valence-electron chi connectivity index (χ0n) is 18.8. The van der Waals surface area contributed by atoms with E-state index in [1.807, 2.05) is 0 Å². The van der Waals surface area contributed by atoms with Gasteiger partial charge < -0.3 is 16.2 Å². The van der Waals surface area contributed by atoms with Gasteiger partial charge in [-0.05, 0) is 42.4 Å². The molecule has 1 saturated heterocycles. The Bertz CT molecular complexity index is 527. The number of hydrogen-bond donors (Lipinski definition) is 2. The molecule has 2 saturated carbocycles. The van der Waals surface area contributed by atoms with Crippen molar-refractivity contribution in [3.8, 4) is 0 Å². The van der Waals surface area contributed by atoms with Gasteiger partial charge in [-0.2, -0.15) is 0 Å². The second-order valence-electron chi connectivity index (χ2n) is 11.4. The highest BCUT2D eigenvalue weighted by molar-refractivity contribution is 5.94. The van der Waals surface area contributed by atoms with Crippen molar-refractivity contribution in [3.63, 3.8) is 0 Å². The number of ether oxygens (including phenoxy) is 1. The summed E-state index contributed by atoms with van der Waals surface area (Å²) in [4.78, 5) is 13.5. The van der Waals surface area contributed by atoms with Gasteiger partial charge in [-0.1, -0.05) is 79.1 Å². The molecule has 2 unspecified atom stereocenters. The van der Waals surface area contributed by atoms with Crippen LogP contribution in [0.5, 0.6) is 0 Å². The van der Waals surface area contributed by atoms with Gasteiger partial charge in [-0.15, -0.1) is 0 Å². The molecule has 28 heavy (non-hydrogen) atoms. The first-order valence-corrected chi connectivity index (χ1v) is 11.8. The molecule has 0 aromatic carbocycles. The van der Waals surface area contributed by atoms with Gasteiger partial charge in [0.05, 0.1) is 12.1 Å². The minimum absolute atomic E-state index is 0.0507. The van der Waals surface area contributed by atoms with Crippen LogP contribution in [0.25, 0.3) is 0 Å². The summed E-state index contributed by atoms with van der Waals surface area (Å²) in [5.41, 5.74) is 12.1. The van der Waals surface area contributed by atoms with Crippen LogP contribution in [0.2, 0.25) is 0 Å². The predicted molar refractivity (Wildman–Crippen MR) is 115 cm³/mol. The molecule has 4 heteroatoms. The molecule has 0 aromatic rings. The van der Waals surface area contributed by atoms with E-state index in [1.54, 1.807) is 0 Å². The van der Waals surface area contributed by atoms with Gasteiger partial charge in [0.1, 0.15) is 5.60 Å². The summed E-state index contributed by atoms with van der Waals surface area (Å²) in [6, 6.07) is -0.425. The maximum Gasteiger partial charge on any atom is 0.183 e. The summed E-state index contributed by atoms with van der Waals surface area (Å²) < 4.78 is 6.74. The molecule has 0 bridgehead atoms. The van der Waals surface area contributed by atoms with Crippen LogP contribution < -0.4 is 11.5 Å². The highest BCUT2D eigenvalue weighted by Crippen LogP contribution is 2.54. The maximum atomic E-state index is 13.5. The number of rotatable bonds is 1. The second-order valence-corrected chi connectivity index (χ2v) is 11.4. The molecule has 0 radical (unpaired) electrons. The van der Waals surface area contributed by atoms with Crippen molar-refractivity contribution in [1.29, 1.82) is 0 Å². The van der Waals surface area contributed by atoms with Crippen molar-refractivity contribution < 1.29 is 9.53 Å². The monoisotopic (exact) mass is 392 g/mol. The molecule has 3 fully saturated rings. The molecule has 4 nitrogen and oxygen atoms in total. The Morgan fingerprint density at radius 2 is 1.21 bits per heavy atom. The lowest BCUT2D eigenvalue weighted by Gasteiger charge is -2.53. The molecule has 2 aliphatic carbocycles. The zero-order valence-corrected chi connectivity index (χ0v) is 18.8. The summed E-state index contributed by atoms with van der Waals surface area (Å²) >= 11 is 0. The van der Waals surface area contributed by atoms with E-state index in [-0.39, 0.29) is 28.8 Å². The average molecular weight is 393 g/mol. The summed E-state index contributed by atoms with van der Waals surface area (Å²) in [6.07, 6.45) is 14.1. The minimum Gasteiger partial charge on any atom is -0.361 e. The third-order valence-corrected chi connectivity index (χ3v) is 8.00. The molecule has 3 aliphatic rings. The molecule has 1 spiro atoms. The van der Waals surface area contributed by atoms with Crippen molar-refractivity contribution >= 4 is 5.78 Å². The highest BCUT2D eigenvalue weighted by atomic mass is 16.5. The fraction of sp³-hybridized carbons (Fsp3) is 0.958. The first kappa shape index (κ1) is 22.2. The van der Waals surface area contributed by atoms with Gasteiger partial charge in [0, 0.05) is 6.04 Å². The summed E-state index contributed by atoms with van der Waals surface area (Å²) in [5, 5.41) is 0. The van der Waals surface area contributed by atoms with E-state index in [9.17, 15) is 4.79 Å². The number of carbonyl (C=O) groups excluding carboxylic acids is 1. The molecular formula is C24H44N2O2. The lowest BCUT2D eigenvalue weighted by molar-refractivity contribution is -0.161. The molecule has 1 aliphatic heterocycles. The van der Waals surface area contributed by atoms with E-state index in [1.165, 1.54) is 51.4 Å². The van der Waals surface area contributed by atoms with Crippen LogP contribution >= 0.6 is 0 Å². The lowest BCUT2D eigenvalue weighted by Crippen LogP contribution is -2.61. The van der Waals surface area contributed by atoms with Gasteiger partial charge in [-0.3, -0.25) is 4.79 Å². The molecule has 162 valence electrons. The fourth-order valence-electron chi connectivity index (χ4n) is 6.65. The zero-order chi connectivity index (χ0) is 20.6. The van der Waals surface area contributed by atoms with Crippen molar-refractivity contribution in [2.24, 2.45) is 28.2 Å². The number of ketones is 1. The SMILES string of the molecule is CC1(C)CC2(CC(C)(C)C1N)OC(C1CCCCCCCCCC1)C(N)C2=O. The highest BCUT2D eigenvalue weighted by Gasteiger charge is 2.62. The molecule has 1 heterocycles. The number of carbonyl (C=O) groups is 1. The van der Waals surface area contributed by atoms with Crippen LogP contribution in [-0.2, 0) is 9.53 Å². The Hall–Kier alpha value is -0.450. The third-order valence-electron chi connectivity index (χ3n) is 8.00. The van der Waals surface area contributed by atoms with Crippen LogP contribution in [0.15, 0.2) is 0 Å². The minimum atomic E-state index is -0.737. The van der Waals surface area contributed by atoms with Gasteiger partial charge in [-0.25, -0.2) is 0 Å². The predicted octanol–water partition coefficient (Wildman–Crippen LogP) is 4.72. The van der Waals surface area contributed by atoms with E-state index >= 15 is 0 Å². The second kappa shape index (κ2) is 8.35. The van der Waals surface area contributed by atoms with Crippen molar-refractivity contribution in [2.45, 2.75) is 129 Å². The largest absolute Gasteiger partial charge is 0.361 e. The molecular weight excluding hydrogens is 348 g/mol. The molecule has 2 atom stereocenters. The fourth-order valence-corrected chi connectivity index (χ4v) is 6.65. The molecule has 3 rings (SSSR count). The van der Waals surface area contributed by atoms with Crippen LogP contribution in [0.1, 0.15) is 105 Å². The van der Waals surface area contributed by atoms with Crippen molar-refractivity contribution in [1.82, 2.24) is 0 Å².